The van der Waals surface area contributed by atoms with Gasteiger partial charge in [0.1, 0.15) is 11.5 Å². The van der Waals surface area contributed by atoms with Crippen LogP contribution in [0.2, 0.25) is 0 Å². The summed E-state index contributed by atoms with van der Waals surface area (Å²) >= 11 is 0. The summed E-state index contributed by atoms with van der Waals surface area (Å²) in [6.07, 6.45) is 8.55. The van der Waals surface area contributed by atoms with Crippen LogP contribution in [0, 0.1) is 13.8 Å². The second-order valence-electron chi connectivity index (χ2n) is 3.96. The summed E-state index contributed by atoms with van der Waals surface area (Å²) in [5, 5.41) is 0. The van der Waals surface area contributed by atoms with Gasteiger partial charge in [-0.3, -0.25) is 0 Å². The Bertz CT molecular complexity index is 413. The minimum absolute atomic E-state index is 0.966. The van der Waals surface area contributed by atoms with E-state index in [4.69, 9.17) is 4.74 Å². The van der Waals surface area contributed by atoms with E-state index in [1.54, 1.807) is 0 Å². The number of rotatable bonds is 2. The van der Waals surface area contributed by atoms with Crippen molar-refractivity contribution in [2.75, 3.05) is 0 Å². The largest absolute Gasteiger partial charge is 0.457 e. The van der Waals surface area contributed by atoms with Gasteiger partial charge in [-0.05, 0) is 56.0 Å². The SMILES string of the molecule is Cc1ccc(C)c(OC2=CCCC=C2)c1. The number of hydrogen-bond acceptors (Lipinski definition) is 1. The Balaban J connectivity index is 2.20. The van der Waals surface area contributed by atoms with E-state index in [2.05, 4.69) is 44.2 Å². The molecule has 1 aromatic rings. The quantitative estimate of drug-likeness (QED) is 0.703. The zero-order valence-electron chi connectivity index (χ0n) is 9.29. The lowest BCUT2D eigenvalue weighted by atomic mass is 10.1. The first-order valence-corrected chi connectivity index (χ1v) is 5.37. The fourth-order valence-electron chi connectivity index (χ4n) is 1.61. The summed E-state index contributed by atoms with van der Waals surface area (Å²) in [5.41, 5.74) is 2.41. The Kier molecular flexibility index (Phi) is 2.91. The molecular formula is C14H16O. The molecule has 0 spiro atoms. The molecule has 1 heteroatoms. The van der Waals surface area contributed by atoms with E-state index in [1.165, 1.54) is 11.1 Å². The Morgan fingerprint density at radius 3 is 2.73 bits per heavy atom. The third-order valence-electron chi connectivity index (χ3n) is 2.53. The van der Waals surface area contributed by atoms with Crippen LogP contribution in [0.15, 0.2) is 42.2 Å². The average molecular weight is 200 g/mol. The van der Waals surface area contributed by atoms with Gasteiger partial charge >= 0.3 is 0 Å². The maximum absolute atomic E-state index is 5.84. The summed E-state index contributed by atoms with van der Waals surface area (Å²) in [6.45, 7) is 4.15. The zero-order chi connectivity index (χ0) is 10.7. The molecule has 0 atom stereocenters. The van der Waals surface area contributed by atoms with Crippen molar-refractivity contribution >= 4 is 0 Å². The van der Waals surface area contributed by atoms with Gasteiger partial charge in [-0.2, -0.15) is 0 Å². The van der Waals surface area contributed by atoms with Gasteiger partial charge in [0.05, 0.1) is 0 Å². The molecule has 0 amide bonds. The zero-order valence-corrected chi connectivity index (χ0v) is 9.29. The molecule has 0 bridgehead atoms. The highest BCUT2D eigenvalue weighted by Gasteiger charge is 2.03. The van der Waals surface area contributed by atoms with Crippen LogP contribution in [-0.2, 0) is 0 Å². The van der Waals surface area contributed by atoms with E-state index in [0.717, 1.165) is 24.4 Å². The van der Waals surface area contributed by atoms with E-state index in [0.29, 0.717) is 0 Å². The molecule has 0 N–H and O–H groups in total. The molecule has 0 heterocycles. The smallest absolute Gasteiger partial charge is 0.130 e. The van der Waals surface area contributed by atoms with Crippen molar-refractivity contribution in [1.29, 1.82) is 0 Å². The first-order valence-electron chi connectivity index (χ1n) is 5.37. The maximum Gasteiger partial charge on any atom is 0.130 e. The van der Waals surface area contributed by atoms with E-state index in [9.17, 15) is 0 Å². The number of aryl methyl sites for hydroxylation is 2. The minimum atomic E-state index is 0.966. The summed E-state index contributed by atoms with van der Waals surface area (Å²) < 4.78 is 5.84. The highest BCUT2D eigenvalue weighted by molar-refractivity contribution is 5.38. The van der Waals surface area contributed by atoms with Crippen molar-refractivity contribution in [3.8, 4) is 5.75 Å². The molecule has 2 rings (SSSR count). The molecule has 0 saturated carbocycles. The molecule has 78 valence electrons. The van der Waals surface area contributed by atoms with E-state index in [1.807, 2.05) is 6.08 Å². The van der Waals surface area contributed by atoms with Gasteiger partial charge in [0.15, 0.2) is 0 Å². The molecule has 15 heavy (non-hydrogen) atoms. The first-order chi connectivity index (χ1) is 7.25. The lowest BCUT2D eigenvalue weighted by Gasteiger charge is -2.12. The van der Waals surface area contributed by atoms with Gasteiger partial charge in [0.25, 0.3) is 0 Å². The van der Waals surface area contributed by atoms with Crippen molar-refractivity contribution in [3.05, 3.63) is 53.3 Å². The average Bonchev–Trinajstić information content (AvgIpc) is 2.25. The highest BCUT2D eigenvalue weighted by atomic mass is 16.5. The molecule has 1 aromatic carbocycles. The van der Waals surface area contributed by atoms with Crippen LogP contribution in [-0.4, -0.2) is 0 Å². The molecule has 0 aliphatic heterocycles. The lowest BCUT2D eigenvalue weighted by Crippen LogP contribution is -1.97. The topological polar surface area (TPSA) is 9.23 Å². The van der Waals surface area contributed by atoms with Gasteiger partial charge in [-0.1, -0.05) is 18.2 Å². The van der Waals surface area contributed by atoms with Crippen molar-refractivity contribution in [2.45, 2.75) is 26.7 Å². The third-order valence-corrected chi connectivity index (χ3v) is 2.53. The normalized spacial score (nSPS) is 14.9. The molecule has 1 aliphatic carbocycles. The second-order valence-corrected chi connectivity index (χ2v) is 3.96. The maximum atomic E-state index is 5.84. The number of allylic oxidation sites excluding steroid dienone is 3. The summed E-state index contributed by atoms with van der Waals surface area (Å²) in [7, 11) is 0. The molecule has 0 radical (unpaired) electrons. The van der Waals surface area contributed by atoms with Crippen LogP contribution in [0.5, 0.6) is 5.75 Å². The Hall–Kier alpha value is -1.50. The highest BCUT2D eigenvalue weighted by Crippen LogP contribution is 2.23. The van der Waals surface area contributed by atoms with Crippen LogP contribution in [0.4, 0.5) is 0 Å². The minimum Gasteiger partial charge on any atom is -0.457 e. The molecule has 1 nitrogen and oxygen atoms in total. The Labute approximate surface area is 91.1 Å². The van der Waals surface area contributed by atoms with Crippen molar-refractivity contribution in [2.24, 2.45) is 0 Å². The van der Waals surface area contributed by atoms with Crippen molar-refractivity contribution in [1.82, 2.24) is 0 Å². The summed E-state index contributed by atoms with van der Waals surface area (Å²) in [6, 6.07) is 6.28. The summed E-state index contributed by atoms with van der Waals surface area (Å²) in [5.74, 6) is 1.93. The third kappa shape index (κ3) is 2.50. The Morgan fingerprint density at radius 1 is 1.13 bits per heavy atom. The van der Waals surface area contributed by atoms with E-state index in [-0.39, 0.29) is 0 Å². The van der Waals surface area contributed by atoms with Crippen LogP contribution in [0.25, 0.3) is 0 Å². The van der Waals surface area contributed by atoms with Crippen LogP contribution >= 0.6 is 0 Å². The fourth-order valence-corrected chi connectivity index (χ4v) is 1.61. The predicted molar refractivity (Wildman–Crippen MR) is 63.0 cm³/mol. The predicted octanol–water partition coefficient (Wildman–Crippen LogP) is 3.92. The lowest BCUT2D eigenvalue weighted by molar-refractivity contribution is 0.435. The van der Waals surface area contributed by atoms with Crippen LogP contribution in [0.3, 0.4) is 0 Å². The van der Waals surface area contributed by atoms with Gasteiger partial charge in [-0.25, -0.2) is 0 Å². The van der Waals surface area contributed by atoms with Gasteiger partial charge in [0, 0.05) is 0 Å². The summed E-state index contributed by atoms with van der Waals surface area (Å²) in [4.78, 5) is 0. The molecule has 0 unspecified atom stereocenters. The van der Waals surface area contributed by atoms with E-state index >= 15 is 0 Å². The van der Waals surface area contributed by atoms with Gasteiger partial charge < -0.3 is 4.74 Å². The second kappa shape index (κ2) is 4.35. The standard InChI is InChI=1S/C14H16O/c1-11-8-9-12(2)14(10-11)15-13-6-4-3-5-7-13/h4,6-10H,3,5H2,1-2H3. The molecular weight excluding hydrogens is 184 g/mol. The van der Waals surface area contributed by atoms with Crippen LogP contribution in [0.1, 0.15) is 24.0 Å². The Morgan fingerprint density at radius 2 is 2.00 bits per heavy atom. The number of ether oxygens (including phenoxy) is 1. The molecule has 0 fully saturated rings. The molecule has 0 saturated heterocycles. The number of benzene rings is 1. The molecule has 1 aliphatic rings. The van der Waals surface area contributed by atoms with Gasteiger partial charge in [0.2, 0.25) is 0 Å². The number of hydrogen-bond donors (Lipinski definition) is 0. The molecule has 0 aromatic heterocycles. The van der Waals surface area contributed by atoms with Gasteiger partial charge in [-0.15, -0.1) is 0 Å². The monoisotopic (exact) mass is 200 g/mol. The van der Waals surface area contributed by atoms with Crippen LogP contribution < -0.4 is 4.74 Å². The van der Waals surface area contributed by atoms with Crippen molar-refractivity contribution < 1.29 is 4.74 Å². The first kappa shape index (κ1) is 10.0. The van der Waals surface area contributed by atoms with E-state index < -0.39 is 0 Å². The fraction of sp³-hybridized carbons (Fsp3) is 0.286. The van der Waals surface area contributed by atoms with Crippen molar-refractivity contribution in [3.63, 3.8) is 0 Å².